The normalized spacial score (nSPS) is 9.79. The molecule has 0 saturated carbocycles. The van der Waals surface area contributed by atoms with Gasteiger partial charge in [-0.1, -0.05) is 13.2 Å². The highest BCUT2D eigenvalue weighted by molar-refractivity contribution is 7.33. The first kappa shape index (κ1) is 13.2. The van der Waals surface area contributed by atoms with Crippen LogP contribution < -0.4 is 0 Å². The Morgan fingerprint density at radius 1 is 0.929 bits per heavy atom. The molecule has 0 aromatic rings. The minimum Gasteiger partial charge on any atom is -0.499 e. The Morgan fingerprint density at radius 2 is 1.36 bits per heavy atom. The molecule has 0 aromatic carbocycles. The Morgan fingerprint density at radius 3 is 1.71 bits per heavy atom. The van der Waals surface area contributed by atoms with Crippen LogP contribution in [0.5, 0.6) is 0 Å². The van der Waals surface area contributed by atoms with Crippen molar-refractivity contribution in [3.05, 3.63) is 25.7 Å². The zero-order valence-electron chi connectivity index (χ0n) is 7.94. The van der Waals surface area contributed by atoms with Gasteiger partial charge in [0.25, 0.3) is 0 Å². The van der Waals surface area contributed by atoms with Gasteiger partial charge in [0.2, 0.25) is 0 Å². The number of hydrogen-bond acceptors (Lipinski definition) is 5. The molecular weight excluding hydrogens is 207 g/mol. The van der Waals surface area contributed by atoms with Crippen molar-refractivity contribution in [3.8, 4) is 0 Å². The van der Waals surface area contributed by atoms with E-state index in [9.17, 15) is 4.57 Å². The van der Waals surface area contributed by atoms with Crippen molar-refractivity contribution >= 4 is 8.25 Å². The van der Waals surface area contributed by atoms with E-state index in [0.29, 0.717) is 13.2 Å². The van der Waals surface area contributed by atoms with E-state index < -0.39 is 8.25 Å². The van der Waals surface area contributed by atoms with Gasteiger partial charge in [-0.3, -0.25) is 4.57 Å². The third kappa shape index (κ3) is 9.32. The molecule has 0 aliphatic carbocycles. The van der Waals surface area contributed by atoms with Gasteiger partial charge in [0.1, 0.15) is 13.2 Å². The maximum absolute atomic E-state index is 10.9. The first-order valence-electron chi connectivity index (χ1n) is 4.05. The van der Waals surface area contributed by atoms with Gasteiger partial charge < -0.3 is 18.5 Å². The molecule has 0 heterocycles. The average molecular weight is 222 g/mol. The van der Waals surface area contributed by atoms with Gasteiger partial charge in [-0.15, -0.1) is 0 Å². The Kier molecular flexibility index (Phi) is 9.74. The molecule has 0 radical (unpaired) electrons. The lowest BCUT2D eigenvalue weighted by Crippen LogP contribution is -1.99. The minimum absolute atomic E-state index is 0.214. The molecule has 0 atom stereocenters. The van der Waals surface area contributed by atoms with Crippen molar-refractivity contribution in [2.75, 3.05) is 26.4 Å². The Bertz CT molecular complexity index is 165. The summed E-state index contributed by atoms with van der Waals surface area (Å²) < 4.78 is 30.0. The Hall–Kier alpha value is -0.770. The van der Waals surface area contributed by atoms with Gasteiger partial charge in [-0.2, -0.15) is 0 Å². The summed E-state index contributed by atoms with van der Waals surface area (Å²) in [6.07, 6.45) is 2.58. The fourth-order valence-corrected chi connectivity index (χ4v) is 1.14. The molecule has 14 heavy (non-hydrogen) atoms. The first-order valence-corrected chi connectivity index (χ1v) is 5.28. The minimum atomic E-state index is -2.43. The second-order valence-electron chi connectivity index (χ2n) is 2.02. The van der Waals surface area contributed by atoms with Crippen molar-refractivity contribution in [2.45, 2.75) is 0 Å². The molecule has 0 spiro atoms. The van der Waals surface area contributed by atoms with Gasteiger partial charge in [0.05, 0.1) is 25.7 Å². The SMILES string of the molecule is C=COCCO[PH](=O)OCCOC=C. The predicted molar refractivity (Wildman–Crippen MR) is 53.2 cm³/mol. The summed E-state index contributed by atoms with van der Waals surface area (Å²) in [4.78, 5) is 0. The average Bonchev–Trinajstić information content (AvgIpc) is 2.19. The number of ether oxygens (including phenoxy) is 2. The van der Waals surface area contributed by atoms with Crippen molar-refractivity contribution in [1.29, 1.82) is 0 Å². The molecule has 0 N–H and O–H groups in total. The van der Waals surface area contributed by atoms with E-state index in [0.717, 1.165) is 0 Å². The van der Waals surface area contributed by atoms with Crippen molar-refractivity contribution in [1.82, 2.24) is 0 Å². The van der Waals surface area contributed by atoms with Crippen LogP contribution in [0.25, 0.3) is 0 Å². The van der Waals surface area contributed by atoms with E-state index in [1.54, 1.807) is 0 Å². The summed E-state index contributed by atoms with van der Waals surface area (Å²) in [7, 11) is -2.43. The summed E-state index contributed by atoms with van der Waals surface area (Å²) >= 11 is 0. The second kappa shape index (κ2) is 10.3. The van der Waals surface area contributed by atoms with Crippen molar-refractivity contribution < 1.29 is 23.1 Å². The maximum atomic E-state index is 10.9. The van der Waals surface area contributed by atoms with Crippen LogP contribution in [0.4, 0.5) is 0 Å². The third-order valence-corrected chi connectivity index (χ3v) is 1.96. The zero-order chi connectivity index (χ0) is 10.6. The van der Waals surface area contributed by atoms with Crippen LogP contribution >= 0.6 is 8.25 Å². The van der Waals surface area contributed by atoms with E-state index in [2.05, 4.69) is 13.2 Å². The van der Waals surface area contributed by atoms with E-state index in [4.69, 9.17) is 18.5 Å². The first-order chi connectivity index (χ1) is 6.81. The molecule has 0 unspecified atom stereocenters. The Balaban J connectivity index is 3.19. The molecular formula is C8H15O5P. The van der Waals surface area contributed by atoms with Crippen LogP contribution in [-0.4, -0.2) is 26.4 Å². The maximum Gasteiger partial charge on any atom is 0.319 e. The molecule has 0 aromatic heterocycles. The van der Waals surface area contributed by atoms with Gasteiger partial charge in [0, 0.05) is 0 Å². The van der Waals surface area contributed by atoms with Gasteiger partial charge in [-0.25, -0.2) is 0 Å². The topological polar surface area (TPSA) is 54.0 Å². The van der Waals surface area contributed by atoms with Crippen LogP contribution in [0.1, 0.15) is 0 Å². The summed E-state index contributed by atoms with van der Waals surface area (Å²) in [5, 5.41) is 0. The van der Waals surface area contributed by atoms with Crippen LogP contribution in [0, 0.1) is 0 Å². The molecule has 0 bridgehead atoms. The van der Waals surface area contributed by atoms with E-state index in [1.807, 2.05) is 0 Å². The van der Waals surface area contributed by atoms with E-state index >= 15 is 0 Å². The van der Waals surface area contributed by atoms with Crippen molar-refractivity contribution in [2.24, 2.45) is 0 Å². The zero-order valence-corrected chi connectivity index (χ0v) is 8.94. The third-order valence-electron chi connectivity index (χ3n) is 1.08. The quantitative estimate of drug-likeness (QED) is 0.320. The van der Waals surface area contributed by atoms with Gasteiger partial charge >= 0.3 is 8.25 Å². The van der Waals surface area contributed by atoms with Gasteiger partial charge in [-0.05, 0) is 0 Å². The van der Waals surface area contributed by atoms with Crippen molar-refractivity contribution in [3.63, 3.8) is 0 Å². The van der Waals surface area contributed by atoms with Crippen LogP contribution in [0.15, 0.2) is 25.7 Å². The van der Waals surface area contributed by atoms with Crippen LogP contribution in [0.2, 0.25) is 0 Å². The predicted octanol–water partition coefficient (Wildman–Crippen LogP) is 1.73. The summed E-state index contributed by atoms with van der Waals surface area (Å²) in [6.45, 7) is 7.74. The van der Waals surface area contributed by atoms with Crippen LogP contribution in [0.3, 0.4) is 0 Å². The fraction of sp³-hybridized carbons (Fsp3) is 0.500. The van der Waals surface area contributed by atoms with Gasteiger partial charge in [0.15, 0.2) is 0 Å². The molecule has 5 nitrogen and oxygen atoms in total. The Labute approximate surface area is 84.2 Å². The highest BCUT2D eigenvalue weighted by Gasteiger charge is 1.98. The number of hydrogen-bond donors (Lipinski definition) is 0. The van der Waals surface area contributed by atoms with Crippen LogP contribution in [-0.2, 0) is 23.1 Å². The summed E-state index contributed by atoms with van der Waals surface area (Å²) in [5.41, 5.74) is 0. The second-order valence-corrected chi connectivity index (χ2v) is 3.10. The molecule has 0 rings (SSSR count). The molecule has 0 aliphatic heterocycles. The van der Waals surface area contributed by atoms with E-state index in [-0.39, 0.29) is 13.2 Å². The standard InChI is InChI=1S/C8H15O5P/c1-3-10-5-7-12-14(9)13-8-6-11-4-2/h3-4,14H,1-2,5-8H2. The lowest BCUT2D eigenvalue weighted by Gasteiger charge is -2.05. The highest BCUT2D eigenvalue weighted by Crippen LogP contribution is 2.22. The summed E-state index contributed by atoms with van der Waals surface area (Å²) in [5.74, 6) is 0. The molecule has 6 heteroatoms. The largest absolute Gasteiger partial charge is 0.499 e. The fourth-order valence-electron chi connectivity index (χ4n) is 0.555. The molecule has 0 fully saturated rings. The molecule has 0 amide bonds. The molecule has 0 saturated heterocycles. The monoisotopic (exact) mass is 222 g/mol. The summed E-state index contributed by atoms with van der Waals surface area (Å²) in [6, 6.07) is 0. The van der Waals surface area contributed by atoms with E-state index in [1.165, 1.54) is 12.5 Å². The highest BCUT2D eigenvalue weighted by atomic mass is 31.1. The smallest absolute Gasteiger partial charge is 0.319 e. The lowest BCUT2D eigenvalue weighted by molar-refractivity contribution is 0.140. The molecule has 0 aliphatic rings. The number of rotatable bonds is 10. The molecule has 82 valence electrons. The lowest BCUT2D eigenvalue weighted by atomic mass is 10.8.